The minimum absolute atomic E-state index is 0.000974. The second-order valence-electron chi connectivity index (χ2n) is 5.62. The summed E-state index contributed by atoms with van der Waals surface area (Å²) in [4.78, 5) is 3.87. The number of aliphatic hydroxyl groups is 1. The summed E-state index contributed by atoms with van der Waals surface area (Å²) in [6, 6.07) is 0. The van der Waals surface area contributed by atoms with Gasteiger partial charge in [-0.3, -0.25) is 0 Å². The molecule has 1 aromatic rings. The van der Waals surface area contributed by atoms with Crippen molar-refractivity contribution in [2.45, 2.75) is 43.2 Å². The molecule has 6 nitrogen and oxygen atoms in total. The number of nitrogens with one attached hydrogen (secondary N) is 1. The summed E-state index contributed by atoms with van der Waals surface area (Å²) >= 11 is 0. The molecule has 108 valence electrons. The monoisotopic (exact) mass is 287 g/mol. The maximum Gasteiger partial charge on any atom is 0.260 e. The molecule has 19 heavy (non-hydrogen) atoms. The van der Waals surface area contributed by atoms with Crippen molar-refractivity contribution in [1.82, 2.24) is 14.3 Å². The third-order valence-corrected chi connectivity index (χ3v) is 5.16. The van der Waals surface area contributed by atoms with Gasteiger partial charge in [-0.15, -0.1) is 0 Å². The van der Waals surface area contributed by atoms with Crippen LogP contribution < -0.4 is 4.72 Å². The third kappa shape index (κ3) is 3.16. The van der Waals surface area contributed by atoms with Crippen LogP contribution in [0.3, 0.4) is 0 Å². The standard InChI is InChI=1S/C12H21N3O3S/c1-10-4-3-5-12(6-10,8-16)14-19(17,18)11-7-15(2)9-13-11/h7,9-10,14,16H,3-6,8H2,1-2H3. The average molecular weight is 287 g/mol. The van der Waals surface area contributed by atoms with Gasteiger partial charge in [0, 0.05) is 13.2 Å². The van der Waals surface area contributed by atoms with Gasteiger partial charge in [0.1, 0.15) is 0 Å². The number of hydrogen-bond donors (Lipinski definition) is 2. The maximum atomic E-state index is 12.3. The number of aromatic nitrogens is 2. The van der Waals surface area contributed by atoms with Gasteiger partial charge in [0.05, 0.1) is 18.5 Å². The lowest BCUT2D eigenvalue weighted by molar-refractivity contribution is 0.119. The summed E-state index contributed by atoms with van der Waals surface area (Å²) in [5.74, 6) is 0.410. The number of hydrogen-bond acceptors (Lipinski definition) is 4. The van der Waals surface area contributed by atoms with E-state index in [0.29, 0.717) is 18.8 Å². The van der Waals surface area contributed by atoms with Crippen molar-refractivity contribution in [3.05, 3.63) is 12.5 Å². The van der Waals surface area contributed by atoms with Crippen molar-refractivity contribution in [3.8, 4) is 0 Å². The fraction of sp³-hybridized carbons (Fsp3) is 0.750. The summed E-state index contributed by atoms with van der Waals surface area (Å²) in [5, 5.41) is 9.62. The highest BCUT2D eigenvalue weighted by Gasteiger charge is 2.38. The first-order valence-electron chi connectivity index (χ1n) is 6.50. The minimum atomic E-state index is -3.67. The van der Waals surface area contributed by atoms with Gasteiger partial charge in [0.2, 0.25) is 0 Å². The van der Waals surface area contributed by atoms with Crippen molar-refractivity contribution in [2.75, 3.05) is 6.61 Å². The number of nitrogens with zero attached hydrogens (tertiary/aromatic N) is 2. The van der Waals surface area contributed by atoms with E-state index >= 15 is 0 Å². The summed E-state index contributed by atoms with van der Waals surface area (Å²) in [6.45, 7) is 1.90. The van der Waals surface area contributed by atoms with Gasteiger partial charge >= 0.3 is 0 Å². The predicted molar refractivity (Wildman–Crippen MR) is 71.0 cm³/mol. The molecule has 0 amide bonds. The fourth-order valence-electron chi connectivity index (χ4n) is 2.79. The van der Waals surface area contributed by atoms with Gasteiger partial charge in [0.15, 0.2) is 5.03 Å². The molecule has 0 spiro atoms. The Morgan fingerprint density at radius 2 is 2.37 bits per heavy atom. The molecule has 1 aliphatic carbocycles. The number of imidazole rings is 1. The first-order chi connectivity index (χ1) is 8.87. The molecule has 0 aromatic carbocycles. The van der Waals surface area contributed by atoms with Crippen LogP contribution in [0.25, 0.3) is 0 Å². The lowest BCUT2D eigenvalue weighted by atomic mass is 9.78. The van der Waals surface area contributed by atoms with Crippen LogP contribution in [0.2, 0.25) is 0 Å². The van der Waals surface area contributed by atoms with E-state index in [-0.39, 0.29) is 11.6 Å². The number of aliphatic hydroxyl groups excluding tert-OH is 1. The highest BCUT2D eigenvalue weighted by Crippen LogP contribution is 2.33. The molecular weight excluding hydrogens is 266 g/mol. The van der Waals surface area contributed by atoms with Crippen LogP contribution in [-0.2, 0) is 17.1 Å². The van der Waals surface area contributed by atoms with E-state index in [4.69, 9.17) is 0 Å². The Balaban J connectivity index is 2.22. The normalized spacial score (nSPS) is 28.5. The second kappa shape index (κ2) is 5.22. The quantitative estimate of drug-likeness (QED) is 0.851. The molecular formula is C12H21N3O3S. The average Bonchev–Trinajstić information content (AvgIpc) is 2.76. The first kappa shape index (κ1) is 14.5. The number of rotatable bonds is 4. The highest BCUT2D eigenvalue weighted by molar-refractivity contribution is 7.89. The summed E-state index contributed by atoms with van der Waals surface area (Å²) in [5.41, 5.74) is -0.742. The Morgan fingerprint density at radius 1 is 1.63 bits per heavy atom. The van der Waals surface area contributed by atoms with Crippen LogP contribution in [0.5, 0.6) is 0 Å². The Morgan fingerprint density at radius 3 is 2.89 bits per heavy atom. The van der Waals surface area contributed by atoms with Gasteiger partial charge in [-0.25, -0.2) is 18.1 Å². The summed E-state index contributed by atoms with van der Waals surface area (Å²) < 4.78 is 28.8. The Labute approximate surface area is 113 Å². The lowest BCUT2D eigenvalue weighted by Gasteiger charge is -2.38. The predicted octanol–water partition coefficient (Wildman–Crippen LogP) is 0.640. The number of sulfonamides is 1. The maximum absolute atomic E-state index is 12.3. The molecule has 2 atom stereocenters. The van der Waals surface area contributed by atoms with Gasteiger partial charge in [0.25, 0.3) is 10.0 Å². The largest absolute Gasteiger partial charge is 0.394 e. The summed E-state index contributed by atoms with van der Waals surface area (Å²) in [7, 11) is -1.96. The van der Waals surface area contributed by atoms with Crippen LogP contribution in [0.15, 0.2) is 17.6 Å². The van der Waals surface area contributed by atoms with Crippen molar-refractivity contribution in [3.63, 3.8) is 0 Å². The van der Waals surface area contributed by atoms with Gasteiger partial charge in [-0.2, -0.15) is 0 Å². The molecule has 1 aliphatic rings. The zero-order valence-corrected chi connectivity index (χ0v) is 12.2. The van der Waals surface area contributed by atoms with Crippen molar-refractivity contribution in [2.24, 2.45) is 13.0 Å². The van der Waals surface area contributed by atoms with E-state index in [2.05, 4.69) is 16.6 Å². The zero-order chi connectivity index (χ0) is 14.1. The van der Waals surface area contributed by atoms with E-state index in [1.165, 1.54) is 12.5 Å². The lowest BCUT2D eigenvalue weighted by Crippen LogP contribution is -2.53. The van der Waals surface area contributed by atoms with Crippen molar-refractivity contribution < 1.29 is 13.5 Å². The molecule has 0 radical (unpaired) electrons. The zero-order valence-electron chi connectivity index (χ0n) is 11.3. The fourth-order valence-corrected chi connectivity index (χ4v) is 4.21. The third-order valence-electron chi connectivity index (χ3n) is 3.70. The Hall–Kier alpha value is -0.920. The van der Waals surface area contributed by atoms with Gasteiger partial charge in [-0.1, -0.05) is 19.8 Å². The second-order valence-corrected chi connectivity index (χ2v) is 7.25. The SMILES string of the molecule is CC1CCCC(CO)(NS(=O)(=O)c2cn(C)cn2)C1. The van der Waals surface area contributed by atoms with Crippen LogP contribution >= 0.6 is 0 Å². The molecule has 1 heterocycles. The van der Waals surface area contributed by atoms with Crippen molar-refractivity contribution in [1.29, 1.82) is 0 Å². The topological polar surface area (TPSA) is 84.2 Å². The van der Waals surface area contributed by atoms with E-state index in [1.54, 1.807) is 11.6 Å². The number of aryl methyl sites for hydroxylation is 1. The van der Waals surface area contributed by atoms with Gasteiger partial charge in [-0.05, 0) is 18.8 Å². The molecule has 2 N–H and O–H groups in total. The Kier molecular flexibility index (Phi) is 3.98. The van der Waals surface area contributed by atoms with E-state index in [9.17, 15) is 13.5 Å². The molecule has 1 fully saturated rings. The molecule has 1 saturated carbocycles. The molecule has 7 heteroatoms. The molecule has 0 bridgehead atoms. The summed E-state index contributed by atoms with van der Waals surface area (Å²) in [6.07, 6.45) is 6.23. The molecule has 2 unspecified atom stereocenters. The van der Waals surface area contributed by atoms with E-state index in [0.717, 1.165) is 12.8 Å². The van der Waals surface area contributed by atoms with Crippen LogP contribution in [0.4, 0.5) is 0 Å². The highest BCUT2D eigenvalue weighted by atomic mass is 32.2. The van der Waals surface area contributed by atoms with Crippen LogP contribution in [0.1, 0.15) is 32.6 Å². The first-order valence-corrected chi connectivity index (χ1v) is 7.98. The van der Waals surface area contributed by atoms with Crippen LogP contribution in [0, 0.1) is 5.92 Å². The van der Waals surface area contributed by atoms with Gasteiger partial charge < -0.3 is 9.67 Å². The van der Waals surface area contributed by atoms with Crippen LogP contribution in [-0.4, -0.2) is 35.2 Å². The minimum Gasteiger partial charge on any atom is -0.394 e. The van der Waals surface area contributed by atoms with E-state index < -0.39 is 15.6 Å². The molecule has 2 rings (SSSR count). The smallest absolute Gasteiger partial charge is 0.260 e. The molecule has 1 aromatic heterocycles. The van der Waals surface area contributed by atoms with Crippen molar-refractivity contribution >= 4 is 10.0 Å². The van der Waals surface area contributed by atoms with E-state index in [1.807, 2.05) is 0 Å². The Bertz CT molecular complexity index is 540. The molecule has 0 saturated heterocycles. The molecule has 0 aliphatic heterocycles.